The van der Waals surface area contributed by atoms with E-state index >= 15 is 0 Å². The Morgan fingerprint density at radius 2 is 0.727 bits per heavy atom. The smallest absolute Gasteiger partial charge is 0.0701 e. The lowest BCUT2D eigenvalue weighted by Crippen LogP contribution is -2.38. The van der Waals surface area contributed by atoms with Crippen molar-refractivity contribution in [2.45, 2.75) is 12.1 Å². The Kier molecular flexibility index (Phi) is 13.1. The summed E-state index contributed by atoms with van der Waals surface area (Å²) in [6.45, 7) is 7.22. The van der Waals surface area contributed by atoms with Gasteiger partial charge >= 0.3 is 0 Å². The van der Waals surface area contributed by atoms with Crippen molar-refractivity contribution >= 4 is 0 Å². The minimum absolute atomic E-state index is 0.0861. The van der Waals surface area contributed by atoms with Crippen LogP contribution in [0.3, 0.4) is 0 Å². The molecule has 0 saturated carbocycles. The summed E-state index contributed by atoms with van der Waals surface area (Å²) in [5, 5.41) is 7.41. The Balaban J connectivity index is 1.65. The van der Waals surface area contributed by atoms with Crippen molar-refractivity contribution in [3.63, 3.8) is 0 Å². The van der Waals surface area contributed by atoms with Crippen LogP contribution in [0.25, 0.3) is 0 Å². The fourth-order valence-electron chi connectivity index (χ4n) is 3.73. The maximum atomic E-state index is 5.77. The fourth-order valence-corrected chi connectivity index (χ4v) is 3.73. The highest BCUT2D eigenvalue weighted by molar-refractivity contribution is 5.27. The molecule has 2 atom stereocenters. The van der Waals surface area contributed by atoms with E-state index in [-0.39, 0.29) is 12.1 Å². The topological polar surface area (TPSA) is 70.2 Å². The van der Waals surface area contributed by atoms with Crippen molar-refractivity contribution in [3.05, 3.63) is 71.8 Å². The average molecular weight is 459 g/mol. The summed E-state index contributed by atoms with van der Waals surface area (Å²) in [7, 11) is 0. The summed E-state index contributed by atoms with van der Waals surface area (Å²) < 4.78 is 28.1. The predicted molar refractivity (Wildman–Crippen MR) is 128 cm³/mol. The molecule has 1 fully saturated rings. The minimum atomic E-state index is 0.0861. The molecule has 33 heavy (non-hydrogen) atoms. The molecule has 0 spiro atoms. The highest BCUT2D eigenvalue weighted by Crippen LogP contribution is 2.28. The van der Waals surface area contributed by atoms with Crippen LogP contribution in [0.4, 0.5) is 0 Å². The number of benzene rings is 2. The second-order valence-corrected chi connectivity index (χ2v) is 7.75. The minimum Gasteiger partial charge on any atom is -0.378 e. The summed E-state index contributed by atoms with van der Waals surface area (Å²) in [6, 6.07) is 21.3. The molecule has 0 amide bonds. The first kappa shape index (κ1) is 25.8. The van der Waals surface area contributed by atoms with E-state index in [9.17, 15) is 0 Å². The van der Waals surface area contributed by atoms with Gasteiger partial charge in [-0.2, -0.15) is 0 Å². The number of hydrogen-bond donors (Lipinski definition) is 2. The number of ether oxygens (including phenoxy) is 5. The van der Waals surface area contributed by atoms with Gasteiger partial charge in [0.2, 0.25) is 0 Å². The zero-order valence-electron chi connectivity index (χ0n) is 19.5. The maximum absolute atomic E-state index is 5.77. The molecule has 7 nitrogen and oxygen atoms in total. The normalized spacial score (nSPS) is 23.9. The third-order valence-corrected chi connectivity index (χ3v) is 5.36. The van der Waals surface area contributed by atoms with Gasteiger partial charge in [0.1, 0.15) is 0 Å². The van der Waals surface area contributed by atoms with E-state index in [1.807, 2.05) is 12.1 Å². The zero-order chi connectivity index (χ0) is 22.8. The average Bonchev–Trinajstić information content (AvgIpc) is 2.86. The predicted octanol–water partition coefficient (Wildman–Crippen LogP) is 2.74. The molecule has 2 aromatic rings. The van der Waals surface area contributed by atoms with Crippen LogP contribution in [0.1, 0.15) is 23.2 Å². The summed E-state index contributed by atoms with van der Waals surface area (Å²) in [4.78, 5) is 0. The van der Waals surface area contributed by atoms with E-state index in [2.05, 4.69) is 59.2 Å². The first-order valence-electron chi connectivity index (χ1n) is 11.9. The molecule has 182 valence electrons. The lowest BCUT2D eigenvalue weighted by Gasteiger charge is -2.30. The number of hydrogen-bond acceptors (Lipinski definition) is 7. The van der Waals surface area contributed by atoms with E-state index < -0.39 is 0 Å². The van der Waals surface area contributed by atoms with Crippen molar-refractivity contribution in [3.8, 4) is 0 Å². The largest absolute Gasteiger partial charge is 0.378 e. The van der Waals surface area contributed by atoms with Gasteiger partial charge in [-0.3, -0.25) is 0 Å². The molecule has 0 unspecified atom stereocenters. The fraction of sp³-hybridized carbons (Fsp3) is 0.538. The van der Waals surface area contributed by atoms with E-state index in [1.165, 1.54) is 11.1 Å². The van der Waals surface area contributed by atoms with Gasteiger partial charge in [0.05, 0.1) is 78.2 Å². The van der Waals surface area contributed by atoms with Gasteiger partial charge in [-0.25, -0.2) is 0 Å². The van der Waals surface area contributed by atoms with Crippen LogP contribution in [0.5, 0.6) is 0 Å². The number of rotatable bonds is 2. The molecule has 0 bridgehead atoms. The number of nitrogens with one attached hydrogen (secondary N) is 2. The Morgan fingerprint density at radius 1 is 0.424 bits per heavy atom. The van der Waals surface area contributed by atoms with Crippen molar-refractivity contribution in [1.29, 1.82) is 0 Å². The molecule has 0 aliphatic carbocycles. The zero-order valence-corrected chi connectivity index (χ0v) is 19.5. The van der Waals surface area contributed by atoms with Gasteiger partial charge in [-0.05, 0) is 11.1 Å². The van der Waals surface area contributed by atoms with Crippen LogP contribution in [-0.2, 0) is 23.7 Å². The maximum Gasteiger partial charge on any atom is 0.0701 e. The van der Waals surface area contributed by atoms with Gasteiger partial charge in [0.15, 0.2) is 0 Å². The second-order valence-electron chi connectivity index (χ2n) is 7.75. The van der Waals surface area contributed by atoms with Crippen molar-refractivity contribution < 1.29 is 23.7 Å². The molecule has 2 aromatic carbocycles. The van der Waals surface area contributed by atoms with E-state index in [0.29, 0.717) is 66.1 Å². The van der Waals surface area contributed by atoms with Gasteiger partial charge in [0, 0.05) is 13.1 Å². The SMILES string of the molecule is c1ccc([C@@H]2NCCOCCOCCOCCOCCOCCN[C@H]2c2ccccc2)cc1. The van der Waals surface area contributed by atoms with Crippen LogP contribution in [0, 0.1) is 0 Å². The molecule has 3 rings (SSSR count). The first-order chi connectivity index (χ1) is 16.4. The summed E-state index contributed by atoms with van der Waals surface area (Å²) in [5.74, 6) is 0. The lowest BCUT2D eigenvalue weighted by molar-refractivity contribution is -0.0104. The standard InChI is InChI=1S/C26H38N2O5/c1-3-7-23(8-4-1)25-26(24-9-5-2-6-10-24)28-12-14-30-16-18-32-20-22-33-21-19-31-17-15-29-13-11-27-25/h1-10,25-28H,11-22H2/t25-,26-/m0/s1. The van der Waals surface area contributed by atoms with Crippen LogP contribution in [0.2, 0.25) is 0 Å². The monoisotopic (exact) mass is 458 g/mol. The van der Waals surface area contributed by atoms with Crippen LogP contribution in [-0.4, -0.2) is 79.2 Å². The molecule has 1 saturated heterocycles. The highest BCUT2D eigenvalue weighted by atomic mass is 16.6. The van der Waals surface area contributed by atoms with Gasteiger partial charge in [-0.1, -0.05) is 60.7 Å². The highest BCUT2D eigenvalue weighted by Gasteiger charge is 2.24. The summed E-state index contributed by atoms with van der Waals surface area (Å²) in [6.07, 6.45) is 0. The van der Waals surface area contributed by atoms with Crippen molar-refractivity contribution in [2.24, 2.45) is 0 Å². The van der Waals surface area contributed by atoms with Crippen LogP contribution in [0.15, 0.2) is 60.7 Å². The van der Waals surface area contributed by atoms with Gasteiger partial charge < -0.3 is 34.3 Å². The third-order valence-electron chi connectivity index (χ3n) is 5.36. The molecular weight excluding hydrogens is 420 g/mol. The molecule has 1 heterocycles. The van der Waals surface area contributed by atoms with Crippen molar-refractivity contribution in [1.82, 2.24) is 10.6 Å². The van der Waals surface area contributed by atoms with Gasteiger partial charge in [-0.15, -0.1) is 0 Å². The van der Waals surface area contributed by atoms with Crippen LogP contribution < -0.4 is 10.6 Å². The van der Waals surface area contributed by atoms with Crippen LogP contribution >= 0.6 is 0 Å². The summed E-state index contributed by atoms with van der Waals surface area (Å²) >= 11 is 0. The molecule has 0 radical (unpaired) electrons. The molecule has 0 aromatic heterocycles. The molecule has 1 aliphatic rings. The second kappa shape index (κ2) is 16.7. The first-order valence-corrected chi connectivity index (χ1v) is 11.9. The quantitative estimate of drug-likeness (QED) is 0.717. The Hall–Kier alpha value is -1.84. The molecule has 7 heteroatoms. The van der Waals surface area contributed by atoms with E-state index in [4.69, 9.17) is 23.7 Å². The van der Waals surface area contributed by atoms with E-state index in [1.54, 1.807) is 0 Å². The van der Waals surface area contributed by atoms with E-state index in [0.717, 1.165) is 13.1 Å². The summed E-state index contributed by atoms with van der Waals surface area (Å²) in [5.41, 5.74) is 2.46. The Morgan fingerprint density at radius 3 is 1.06 bits per heavy atom. The Labute approximate surface area is 197 Å². The Bertz CT molecular complexity index is 658. The molecule has 1 aliphatic heterocycles. The lowest BCUT2D eigenvalue weighted by atomic mass is 9.93. The third kappa shape index (κ3) is 10.3. The molecular formula is C26H38N2O5. The molecule has 2 N–H and O–H groups in total. The van der Waals surface area contributed by atoms with Crippen molar-refractivity contribution in [2.75, 3.05) is 79.2 Å². The van der Waals surface area contributed by atoms with Gasteiger partial charge in [0.25, 0.3) is 0 Å².